The lowest BCUT2D eigenvalue weighted by Gasteiger charge is -2.42. The summed E-state index contributed by atoms with van der Waals surface area (Å²) < 4.78 is 27.0. The van der Waals surface area contributed by atoms with E-state index in [1.807, 2.05) is 0 Å². The van der Waals surface area contributed by atoms with Gasteiger partial charge in [0.1, 0.15) is 11.5 Å². The monoisotopic (exact) mass is 493 g/mol. The molecule has 188 valence electrons. The number of fused-ring (bicyclic) bond motifs is 3. The molecule has 0 fully saturated rings. The third-order valence-corrected chi connectivity index (χ3v) is 5.85. The second kappa shape index (κ2) is 10.6. The molecule has 9 nitrogen and oxygen atoms in total. The van der Waals surface area contributed by atoms with E-state index >= 15 is 0 Å². The minimum Gasteiger partial charge on any atom is -0.497 e. The molecule has 36 heavy (non-hydrogen) atoms. The molecule has 4 rings (SSSR count). The molecule has 1 heterocycles. The van der Waals surface area contributed by atoms with E-state index in [4.69, 9.17) is 23.7 Å². The fourth-order valence-corrected chi connectivity index (χ4v) is 4.28. The average Bonchev–Trinajstić information content (AvgIpc) is 2.91. The first-order chi connectivity index (χ1) is 17.4. The summed E-state index contributed by atoms with van der Waals surface area (Å²) in [7, 11) is 2.86. The lowest BCUT2D eigenvalue weighted by molar-refractivity contribution is -0.154. The minimum atomic E-state index is -1.24. The zero-order valence-corrected chi connectivity index (χ0v) is 20.5. The van der Waals surface area contributed by atoms with E-state index in [9.17, 15) is 14.4 Å². The largest absolute Gasteiger partial charge is 0.497 e. The van der Waals surface area contributed by atoms with Crippen LogP contribution < -0.4 is 14.4 Å². The van der Waals surface area contributed by atoms with Crippen molar-refractivity contribution in [2.45, 2.75) is 26.1 Å². The van der Waals surface area contributed by atoms with Gasteiger partial charge in [-0.15, -0.1) is 0 Å². The fourth-order valence-electron chi connectivity index (χ4n) is 4.28. The van der Waals surface area contributed by atoms with Crippen LogP contribution in [0.3, 0.4) is 0 Å². The Morgan fingerprint density at radius 3 is 2.22 bits per heavy atom. The number of hydrogen-bond acceptors (Lipinski definition) is 9. The van der Waals surface area contributed by atoms with Crippen molar-refractivity contribution in [1.29, 1.82) is 0 Å². The number of carbonyl (C=O) groups is 3. The molecule has 0 N–H and O–H groups in total. The van der Waals surface area contributed by atoms with Gasteiger partial charge in [-0.2, -0.15) is 0 Å². The summed E-state index contributed by atoms with van der Waals surface area (Å²) in [6.45, 7) is 3.69. The molecule has 3 aromatic carbocycles. The molecule has 1 aliphatic heterocycles. The van der Waals surface area contributed by atoms with Crippen molar-refractivity contribution in [3.05, 3.63) is 65.7 Å². The van der Waals surface area contributed by atoms with Crippen molar-refractivity contribution < 1.29 is 38.1 Å². The van der Waals surface area contributed by atoms with E-state index < -0.39 is 30.2 Å². The van der Waals surface area contributed by atoms with Gasteiger partial charge in [-0.25, -0.2) is 14.4 Å². The highest BCUT2D eigenvalue weighted by atomic mass is 16.6. The van der Waals surface area contributed by atoms with Crippen molar-refractivity contribution in [2.24, 2.45) is 0 Å². The molecule has 0 radical (unpaired) electrons. The number of anilines is 1. The van der Waals surface area contributed by atoms with Gasteiger partial charge in [-0.3, -0.25) is 0 Å². The Balaban J connectivity index is 1.96. The molecular weight excluding hydrogens is 466 g/mol. The van der Waals surface area contributed by atoms with Crippen molar-refractivity contribution in [1.82, 2.24) is 0 Å². The van der Waals surface area contributed by atoms with Crippen LogP contribution in [-0.2, 0) is 23.8 Å². The molecule has 0 aromatic heterocycles. The number of rotatable bonds is 7. The number of carbonyl (C=O) groups excluding carboxylic acids is 3. The third-order valence-electron chi connectivity index (χ3n) is 5.85. The van der Waals surface area contributed by atoms with E-state index in [-0.39, 0.29) is 13.2 Å². The summed E-state index contributed by atoms with van der Waals surface area (Å²) in [6, 6.07) is 14.3. The molecular formula is C27H27NO8. The summed E-state index contributed by atoms with van der Waals surface area (Å²) in [4.78, 5) is 40.2. The highest BCUT2D eigenvalue weighted by molar-refractivity contribution is 6.00. The van der Waals surface area contributed by atoms with Crippen molar-refractivity contribution in [3.8, 4) is 11.5 Å². The Bertz CT molecular complexity index is 1290. The van der Waals surface area contributed by atoms with Gasteiger partial charge in [0, 0.05) is 11.3 Å². The van der Waals surface area contributed by atoms with E-state index in [1.54, 1.807) is 80.5 Å². The van der Waals surface area contributed by atoms with Gasteiger partial charge >= 0.3 is 17.9 Å². The predicted octanol–water partition coefficient (Wildman–Crippen LogP) is 4.03. The SMILES string of the molecule is CCOC(=O)[C@@H]1Oc2ccc3cc(C(=O)OC)ccc3c2[C@H](C(=O)OCC)N1c1ccc(OC)cc1. The van der Waals surface area contributed by atoms with Gasteiger partial charge in [0.15, 0.2) is 6.04 Å². The Hall–Kier alpha value is -4.27. The standard InChI is InChI=1S/C27H27NO8/c1-5-34-26(30)23-22-20-13-7-17(25(29)33-4)15-16(20)8-14-21(22)36-24(27(31)35-6-2)28(23)18-9-11-19(32-3)12-10-18/h7-15,23-24H,5-6H2,1-4H3/t23-,24+/m1/s1. The molecule has 0 saturated heterocycles. The molecule has 0 saturated carbocycles. The normalized spacial score (nSPS) is 16.5. The molecule has 3 aromatic rings. The van der Waals surface area contributed by atoms with Crippen LogP contribution in [0.5, 0.6) is 11.5 Å². The molecule has 0 amide bonds. The molecule has 1 aliphatic rings. The van der Waals surface area contributed by atoms with Crippen LogP contribution in [0.25, 0.3) is 10.8 Å². The molecule has 0 bridgehead atoms. The molecule has 0 spiro atoms. The summed E-state index contributed by atoms with van der Waals surface area (Å²) in [5, 5.41) is 1.36. The van der Waals surface area contributed by atoms with Gasteiger partial charge in [-0.1, -0.05) is 12.1 Å². The number of benzene rings is 3. The molecule has 0 unspecified atom stereocenters. The number of ether oxygens (including phenoxy) is 5. The summed E-state index contributed by atoms with van der Waals surface area (Å²) in [5.41, 5.74) is 1.41. The third kappa shape index (κ3) is 4.51. The molecule has 9 heteroatoms. The number of hydrogen-bond donors (Lipinski definition) is 0. The van der Waals surface area contributed by atoms with Gasteiger partial charge in [-0.05, 0) is 67.1 Å². The fraction of sp³-hybridized carbons (Fsp3) is 0.296. The number of methoxy groups -OCH3 is 2. The van der Waals surface area contributed by atoms with Crippen molar-refractivity contribution >= 4 is 34.4 Å². The van der Waals surface area contributed by atoms with Gasteiger partial charge in [0.05, 0.1) is 33.0 Å². The van der Waals surface area contributed by atoms with Gasteiger partial charge < -0.3 is 28.6 Å². The highest BCUT2D eigenvalue weighted by Crippen LogP contribution is 2.44. The Kier molecular flexibility index (Phi) is 7.28. The van der Waals surface area contributed by atoms with E-state index in [0.717, 1.165) is 0 Å². The van der Waals surface area contributed by atoms with Crippen LogP contribution in [0.2, 0.25) is 0 Å². The maximum absolute atomic E-state index is 13.5. The second-order valence-corrected chi connectivity index (χ2v) is 7.89. The van der Waals surface area contributed by atoms with E-state index in [0.29, 0.717) is 39.1 Å². The van der Waals surface area contributed by atoms with Crippen LogP contribution in [0.1, 0.15) is 35.8 Å². The van der Waals surface area contributed by atoms with E-state index in [1.165, 1.54) is 7.11 Å². The summed E-state index contributed by atoms with van der Waals surface area (Å²) in [5.74, 6) is -0.728. The number of nitrogens with zero attached hydrogens (tertiary/aromatic N) is 1. The molecule has 0 aliphatic carbocycles. The van der Waals surface area contributed by atoms with Crippen molar-refractivity contribution in [3.63, 3.8) is 0 Å². The van der Waals surface area contributed by atoms with Gasteiger partial charge in [0.25, 0.3) is 6.23 Å². The maximum Gasteiger partial charge on any atom is 0.369 e. The number of esters is 3. The van der Waals surface area contributed by atoms with E-state index in [2.05, 4.69) is 0 Å². The van der Waals surface area contributed by atoms with Crippen LogP contribution >= 0.6 is 0 Å². The Morgan fingerprint density at radius 2 is 1.58 bits per heavy atom. The minimum absolute atomic E-state index is 0.139. The first-order valence-corrected chi connectivity index (χ1v) is 11.5. The molecule has 2 atom stereocenters. The van der Waals surface area contributed by atoms with Gasteiger partial charge in [0.2, 0.25) is 0 Å². The Morgan fingerprint density at radius 1 is 0.889 bits per heavy atom. The predicted molar refractivity (Wildman–Crippen MR) is 131 cm³/mol. The topological polar surface area (TPSA) is 101 Å². The summed E-state index contributed by atoms with van der Waals surface area (Å²) in [6.07, 6.45) is -1.24. The zero-order valence-electron chi connectivity index (χ0n) is 20.5. The quantitative estimate of drug-likeness (QED) is 0.357. The Labute approximate surface area is 208 Å². The zero-order chi connectivity index (χ0) is 25.8. The summed E-state index contributed by atoms with van der Waals surface area (Å²) >= 11 is 0. The lowest BCUT2D eigenvalue weighted by Crippen LogP contribution is -2.53. The van der Waals surface area contributed by atoms with Crippen LogP contribution in [-0.4, -0.2) is 51.6 Å². The first kappa shape index (κ1) is 24.8. The van der Waals surface area contributed by atoms with Crippen LogP contribution in [0, 0.1) is 0 Å². The van der Waals surface area contributed by atoms with Crippen molar-refractivity contribution in [2.75, 3.05) is 32.3 Å². The lowest BCUT2D eigenvalue weighted by atomic mass is 9.93. The highest BCUT2D eigenvalue weighted by Gasteiger charge is 2.46. The van der Waals surface area contributed by atoms with Crippen LogP contribution in [0.4, 0.5) is 5.69 Å². The first-order valence-electron chi connectivity index (χ1n) is 11.5. The maximum atomic E-state index is 13.5. The smallest absolute Gasteiger partial charge is 0.369 e. The van der Waals surface area contributed by atoms with Crippen LogP contribution in [0.15, 0.2) is 54.6 Å². The average molecular weight is 494 g/mol. The second-order valence-electron chi connectivity index (χ2n) is 7.89.